The third kappa shape index (κ3) is 5.63. The van der Waals surface area contributed by atoms with Crippen LogP contribution in [0.3, 0.4) is 0 Å². The van der Waals surface area contributed by atoms with Crippen molar-refractivity contribution in [3.8, 4) is 5.75 Å². The number of para-hydroxylation sites is 2. The lowest BCUT2D eigenvalue weighted by molar-refractivity contribution is -0.122. The molecule has 7 heteroatoms. The third-order valence-corrected chi connectivity index (χ3v) is 5.07. The van der Waals surface area contributed by atoms with E-state index in [4.69, 9.17) is 9.47 Å². The fourth-order valence-electron chi connectivity index (χ4n) is 3.40. The Morgan fingerprint density at radius 2 is 1.84 bits per heavy atom. The van der Waals surface area contributed by atoms with Crippen LogP contribution in [0.2, 0.25) is 0 Å². The Morgan fingerprint density at radius 3 is 2.55 bits per heavy atom. The third-order valence-electron chi connectivity index (χ3n) is 5.07. The molecule has 1 saturated heterocycles. The van der Waals surface area contributed by atoms with Crippen LogP contribution in [-0.4, -0.2) is 37.5 Å². The summed E-state index contributed by atoms with van der Waals surface area (Å²) in [4.78, 5) is 38.9. The molecule has 0 aliphatic carbocycles. The maximum atomic E-state index is 12.7. The van der Waals surface area contributed by atoms with Crippen LogP contribution >= 0.6 is 0 Å². The van der Waals surface area contributed by atoms with Crippen molar-refractivity contribution in [3.05, 3.63) is 54.1 Å². The Bertz CT molecular complexity index is 926. The summed E-state index contributed by atoms with van der Waals surface area (Å²) in [6.07, 6.45) is 1.91. The molecular weight excluding hydrogens is 396 g/mol. The molecule has 1 atom stereocenters. The van der Waals surface area contributed by atoms with Crippen LogP contribution in [0.25, 0.3) is 0 Å². The zero-order valence-corrected chi connectivity index (χ0v) is 17.9. The SMILES string of the molecule is CCCCOC(=O)c1ccc(NC(=O)[C@@H]2CC(=O)N(c3ccccc3OCC)C2)cc1. The number of ether oxygens (including phenoxy) is 2. The van der Waals surface area contributed by atoms with E-state index in [0.29, 0.717) is 35.9 Å². The molecule has 0 aromatic heterocycles. The summed E-state index contributed by atoms with van der Waals surface area (Å²) in [6.45, 7) is 5.09. The minimum Gasteiger partial charge on any atom is -0.492 e. The average Bonchev–Trinajstić information content (AvgIpc) is 3.16. The first kappa shape index (κ1) is 22.3. The van der Waals surface area contributed by atoms with Crippen molar-refractivity contribution < 1.29 is 23.9 Å². The van der Waals surface area contributed by atoms with Gasteiger partial charge in [-0.25, -0.2) is 4.79 Å². The van der Waals surface area contributed by atoms with Crippen molar-refractivity contribution >= 4 is 29.2 Å². The Hall–Kier alpha value is -3.35. The first-order valence-corrected chi connectivity index (χ1v) is 10.6. The van der Waals surface area contributed by atoms with E-state index in [-0.39, 0.29) is 30.7 Å². The van der Waals surface area contributed by atoms with E-state index in [9.17, 15) is 14.4 Å². The van der Waals surface area contributed by atoms with Gasteiger partial charge in [-0.2, -0.15) is 0 Å². The first-order chi connectivity index (χ1) is 15.0. The van der Waals surface area contributed by atoms with E-state index >= 15 is 0 Å². The predicted molar refractivity (Wildman–Crippen MR) is 118 cm³/mol. The van der Waals surface area contributed by atoms with Crippen LogP contribution in [0.5, 0.6) is 5.75 Å². The molecule has 164 valence electrons. The van der Waals surface area contributed by atoms with Crippen LogP contribution < -0.4 is 15.0 Å². The predicted octanol–water partition coefficient (Wildman–Crippen LogP) is 4.03. The van der Waals surface area contributed by atoms with Crippen LogP contribution in [0, 0.1) is 5.92 Å². The summed E-state index contributed by atoms with van der Waals surface area (Å²) in [5.74, 6) is -0.571. The van der Waals surface area contributed by atoms with E-state index in [1.54, 1.807) is 29.2 Å². The minimum absolute atomic E-state index is 0.113. The molecule has 0 radical (unpaired) electrons. The molecule has 1 heterocycles. The van der Waals surface area contributed by atoms with E-state index in [1.165, 1.54) is 0 Å². The van der Waals surface area contributed by atoms with E-state index in [1.807, 2.05) is 38.1 Å². The normalized spacial score (nSPS) is 15.6. The second-order valence-electron chi connectivity index (χ2n) is 7.36. The lowest BCUT2D eigenvalue weighted by Gasteiger charge is -2.20. The quantitative estimate of drug-likeness (QED) is 0.485. The van der Waals surface area contributed by atoms with Crippen molar-refractivity contribution in [1.82, 2.24) is 0 Å². The molecular formula is C24H28N2O5. The summed E-state index contributed by atoms with van der Waals surface area (Å²) >= 11 is 0. The van der Waals surface area contributed by atoms with E-state index in [2.05, 4.69) is 5.32 Å². The standard InChI is InChI=1S/C24H28N2O5/c1-3-5-14-31-24(29)17-10-12-19(13-11-17)25-23(28)18-15-22(27)26(16-18)20-8-6-7-9-21(20)30-4-2/h6-13,18H,3-5,14-16H2,1-2H3,(H,25,28)/t18-/m1/s1. The molecule has 1 N–H and O–H groups in total. The van der Waals surface area contributed by atoms with Gasteiger partial charge in [0.15, 0.2) is 0 Å². The molecule has 1 aliphatic heterocycles. The molecule has 7 nitrogen and oxygen atoms in total. The maximum Gasteiger partial charge on any atom is 0.338 e. The number of amides is 2. The van der Waals surface area contributed by atoms with Crippen LogP contribution in [-0.2, 0) is 14.3 Å². The number of unbranched alkanes of at least 4 members (excludes halogenated alkanes) is 1. The van der Waals surface area contributed by atoms with Gasteiger partial charge in [-0.3, -0.25) is 9.59 Å². The van der Waals surface area contributed by atoms with Gasteiger partial charge in [0.2, 0.25) is 11.8 Å². The summed E-state index contributed by atoms with van der Waals surface area (Å²) in [5, 5.41) is 2.83. The lowest BCUT2D eigenvalue weighted by Crippen LogP contribution is -2.28. The zero-order chi connectivity index (χ0) is 22.2. The summed E-state index contributed by atoms with van der Waals surface area (Å²) in [5.41, 5.74) is 1.68. The zero-order valence-electron chi connectivity index (χ0n) is 17.9. The molecule has 2 aromatic carbocycles. The minimum atomic E-state index is -0.471. The van der Waals surface area contributed by atoms with Gasteiger partial charge < -0.3 is 19.7 Å². The summed E-state index contributed by atoms with van der Waals surface area (Å²) < 4.78 is 10.8. The lowest BCUT2D eigenvalue weighted by atomic mass is 10.1. The Labute approximate surface area is 182 Å². The average molecular weight is 424 g/mol. The second-order valence-corrected chi connectivity index (χ2v) is 7.36. The highest BCUT2D eigenvalue weighted by molar-refractivity contribution is 6.04. The molecule has 1 aliphatic rings. The highest BCUT2D eigenvalue weighted by Crippen LogP contribution is 2.33. The van der Waals surface area contributed by atoms with Gasteiger partial charge >= 0.3 is 5.97 Å². The fourth-order valence-corrected chi connectivity index (χ4v) is 3.40. The van der Waals surface area contributed by atoms with Crippen LogP contribution in [0.15, 0.2) is 48.5 Å². The number of rotatable bonds is 9. The molecule has 0 saturated carbocycles. The Kier molecular flexibility index (Phi) is 7.65. The number of carbonyl (C=O) groups is 3. The smallest absolute Gasteiger partial charge is 0.338 e. The van der Waals surface area contributed by atoms with Gasteiger partial charge in [0.25, 0.3) is 0 Å². The van der Waals surface area contributed by atoms with E-state index in [0.717, 1.165) is 12.8 Å². The number of nitrogens with one attached hydrogen (secondary N) is 1. The monoisotopic (exact) mass is 424 g/mol. The van der Waals surface area contributed by atoms with E-state index < -0.39 is 5.92 Å². The number of carbonyl (C=O) groups excluding carboxylic acids is 3. The molecule has 1 fully saturated rings. The first-order valence-electron chi connectivity index (χ1n) is 10.6. The van der Waals surface area contributed by atoms with Crippen molar-refractivity contribution in [2.24, 2.45) is 5.92 Å². The molecule has 0 unspecified atom stereocenters. The van der Waals surface area contributed by atoms with Crippen molar-refractivity contribution in [2.75, 3.05) is 30.0 Å². The van der Waals surface area contributed by atoms with Gasteiger partial charge in [0.1, 0.15) is 5.75 Å². The number of hydrogen-bond donors (Lipinski definition) is 1. The van der Waals surface area contributed by atoms with Gasteiger partial charge in [0, 0.05) is 18.7 Å². The van der Waals surface area contributed by atoms with Crippen molar-refractivity contribution in [3.63, 3.8) is 0 Å². The molecule has 31 heavy (non-hydrogen) atoms. The van der Waals surface area contributed by atoms with Crippen LogP contribution in [0.1, 0.15) is 43.5 Å². The molecule has 0 spiro atoms. The highest BCUT2D eigenvalue weighted by atomic mass is 16.5. The fraction of sp³-hybridized carbons (Fsp3) is 0.375. The second kappa shape index (κ2) is 10.6. The van der Waals surface area contributed by atoms with Gasteiger partial charge in [0.05, 0.1) is 30.4 Å². The number of benzene rings is 2. The number of esters is 1. The number of hydrogen-bond acceptors (Lipinski definition) is 5. The topological polar surface area (TPSA) is 84.9 Å². The molecule has 2 amide bonds. The Balaban J connectivity index is 1.60. The highest BCUT2D eigenvalue weighted by Gasteiger charge is 2.36. The number of anilines is 2. The summed E-state index contributed by atoms with van der Waals surface area (Å²) in [7, 11) is 0. The van der Waals surface area contributed by atoms with Crippen molar-refractivity contribution in [1.29, 1.82) is 0 Å². The van der Waals surface area contributed by atoms with Gasteiger partial charge in [-0.15, -0.1) is 0 Å². The van der Waals surface area contributed by atoms with Gasteiger partial charge in [-0.05, 0) is 49.7 Å². The maximum absolute atomic E-state index is 12.7. The molecule has 3 rings (SSSR count). The van der Waals surface area contributed by atoms with Crippen LogP contribution in [0.4, 0.5) is 11.4 Å². The Morgan fingerprint density at radius 1 is 1.10 bits per heavy atom. The molecule has 2 aromatic rings. The van der Waals surface area contributed by atoms with Gasteiger partial charge in [-0.1, -0.05) is 25.5 Å². The number of nitrogens with zero attached hydrogens (tertiary/aromatic N) is 1. The summed E-state index contributed by atoms with van der Waals surface area (Å²) in [6, 6.07) is 13.9. The van der Waals surface area contributed by atoms with Crippen molar-refractivity contribution in [2.45, 2.75) is 33.1 Å². The molecule has 0 bridgehead atoms. The largest absolute Gasteiger partial charge is 0.492 e.